The molecule has 20 heavy (non-hydrogen) atoms. The van der Waals surface area contributed by atoms with E-state index in [2.05, 4.69) is 32.0 Å². The monoisotopic (exact) mass is 284 g/mol. The van der Waals surface area contributed by atoms with Crippen LogP contribution in [0.5, 0.6) is 0 Å². The van der Waals surface area contributed by atoms with Crippen LogP contribution in [0.1, 0.15) is 33.5 Å². The third-order valence-corrected chi connectivity index (χ3v) is 4.54. The molecule has 0 saturated carbocycles. The van der Waals surface area contributed by atoms with Gasteiger partial charge >= 0.3 is 0 Å². The first-order chi connectivity index (χ1) is 9.63. The van der Waals surface area contributed by atoms with E-state index in [9.17, 15) is 4.79 Å². The fraction of sp³-hybridized carbons (Fsp3) is 0.278. The maximum Gasteiger partial charge on any atom is 0.164 e. The minimum absolute atomic E-state index is 0.232. The van der Waals surface area contributed by atoms with E-state index in [1.165, 1.54) is 16.7 Å². The van der Waals surface area contributed by atoms with Crippen molar-refractivity contribution in [3.8, 4) is 0 Å². The molecule has 0 spiro atoms. The Labute approximate surface area is 125 Å². The topological polar surface area (TPSA) is 17.1 Å². The third-order valence-electron chi connectivity index (χ3n) is 3.75. The van der Waals surface area contributed by atoms with Gasteiger partial charge in [-0.05, 0) is 49.3 Å². The Bertz CT molecular complexity index is 617. The molecule has 0 fully saturated rings. The van der Waals surface area contributed by atoms with Crippen LogP contribution in [0.25, 0.3) is 0 Å². The number of Topliss-reactive ketones (excluding diaryl/α,β-unsaturated/α-hetero) is 1. The minimum Gasteiger partial charge on any atom is -0.294 e. The van der Waals surface area contributed by atoms with Crippen molar-refractivity contribution < 1.29 is 4.79 Å². The van der Waals surface area contributed by atoms with E-state index >= 15 is 0 Å². The molecule has 0 amide bonds. The Morgan fingerprint density at radius 3 is 2.55 bits per heavy atom. The lowest BCUT2D eigenvalue weighted by Crippen LogP contribution is -2.04. The summed E-state index contributed by atoms with van der Waals surface area (Å²) in [6, 6.07) is 14.2. The zero-order valence-corrected chi connectivity index (χ0v) is 13.1. The molecule has 1 nitrogen and oxygen atoms in total. The highest BCUT2D eigenvalue weighted by Gasteiger charge is 2.11. The molecule has 0 aliphatic heterocycles. The van der Waals surface area contributed by atoms with Gasteiger partial charge in [0.25, 0.3) is 0 Å². The van der Waals surface area contributed by atoms with Crippen LogP contribution >= 0.6 is 11.8 Å². The van der Waals surface area contributed by atoms with Gasteiger partial charge < -0.3 is 0 Å². The average Bonchev–Trinajstić information content (AvgIpc) is 2.48. The van der Waals surface area contributed by atoms with Crippen LogP contribution in [0, 0.1) is 13.8 Å². The lowest BCUT2D eigenvalue weighted by atomic mass is 9.97. The SMILES string of the molecule is CSc1ccccc1C(=O)CCc1cccc(C)c1C. The second kappa shape index (κ2) is 6.76. The third kappa shape index (κ3) is 3.31. The molecule has 0 aromatic heterocycles. The second-order valence-electron chi connectivity index (χ2n) is 4.98. The van der Waals surface area contributed by atoms with Crippen LogP contribution in [0.15, 0.2) is 47.4 Å². The van der Waals surface area contributed by atoms with Crippen molar-refractivity contribution in [2.24, 2.45) is 0 Å². The van der Waals surface area contributed by atoms with E-state index in [-0.39, 0.29) is 5.78 Å². The molecular formula is C18H20OS. The van der Waals surface area contributed by atoms with Gasteiger partial charge in [-0.3, -0.25) is 4.79 Å². The molecule has 0 atom stereocenters. The molecule has 2 heteroatoms. The number of ketones is 1. The number of aryl methyl sites for hydroxylation is 2. The van der Waals surface area contributed by atoms with Gasteiger partial charge in [0, 0.05) is 16.9 Å². The van der Waals surface area contributed by atoms with Gasteiger partial charge in [-0.2, -0.15) is 0 Å². The highest BCUT2D eigenvalue weighted by molar-refractivity contribution is 7.98. The predicted octanol–water partition coefficient (Wildman–Crippen LogP) is 4.84. The van der Waals surface area contributed by atoms with Crippen LogP contribution < -0.4 is 0 Å². The van der Waals surface area contributed by atoms with Crippen molar-refractivity contribution >= 4 is 17.5 Å². The summed E-state index contributed by atoms with van der Waals surface area (Å²) in [5.41, 5.74) is 4.73. The number of rotatable bonds is 5. The van der Waals surface area contributed by atoms with Crippen molar-refractivity contribution in [2.45, 2.75) is 31.6 Å². The van der Waals surface area contributed by atoms with Crippen molar-refractivity contribution in [1.82, 2.24) is 0 Å². The van der Waals surface area contributed by atoms with Crippen molar-refractivity contribution in [3.63, 3.8) is 0 Å². The molecule has 0 aliphatic carbocycles. The smallest absolute Gasteiger partial charge is 0.164 e. The Balaban J connectivity index is 2.11. The Morgan fingerprint density at radius 2 is 1.80 bits per heavy atom. The highest BCUT2D eigenvalue weighted by atomic mass is 32.2. The van der Waals surface area contributed by atoms with E-state index in [0.29, 0.717) is 6.42 Å². The molecule has 104 valence electrons. The lowest BCUT2D eigenvalue weighted by Gasteiger charge is -2.09. The minimum atomic E-state index is 0.232. The summed E-state index contributed by atoms with van der Waals surface area (Å²) in [4.78, 5) is 13.4. The normalized spacial score (nSPS) is 10.6. The molecule has 0 heterocycles. The van der Waals surface area contributed by atoms with Gasteiger partial charge in [-0.1, -0.05) is 36.4 Å². The number of hydrogen-bond acceptors (Lipinski definition) is 2. The predicted molar refractivity (Wildman–Crippen MR) is 86.8 cm³/mol. The maximum absolute atomic E-state index is 12.4. The maximum atomic E-state index is 12.4. The Hall–Kier alpha value is -1.54. The molecule has 2 aromatic carbocycles. The number of hydrogen-bond donors (Lipinski definition) is 0. The molecule has 2 aromatic rings. The average molecular weight is 284 g/mol. The zero-order valence-electron chi connectivity index (χ0n) is 12.3. The van der Waals surface area contributed by atoms with E-state index in [0.717, 1.165) is 16.9 Å². The zero-order chi connectivity index (χ0) is 14.5. The Kier molecular flexibility index (Phi) is 5.02. The van der Waals surface area contributed by atoms with Gasteiger partial charge in [0.05, 0.1) is 0 Å². The second-order valence-corrected chi connectivity index (χ2v) is 5.83. The summed E-state index contributed by atoms with van der Waals surface area (Å²) in [7, 11) is 0. The van der Waals surface area contributed by atoms with Crippen LogP contribution in [0.4, 0.5) is 0 Å². The van der Waals surface area contributed by atoms with Crippen LogP contribution in [0.2, 0.25) is 0 Å². The molecule has 0 bridgehead atoms. The first-order valence-corrected chi connectivity index (χ1v) is 8.07. The van der Waals surface area contributed by atoms with Gasteiger partial charge in [0.2, 0.25) is 0 Å². The fourth-order valence-corrected chi connectivity index (χ4v) is 2.96. The van der Waals surface area contributed by atoms with Gasteiger partial charge in [-0.25, -0.2) is 0 Å². The van der Waals surface area contributed by atoms with Crippen LogP contribution in [0.3, 0.4) is 0 Å². The van der Waals surface area contributed by atoms with E-state index in [4.69, 9.17) is 0 Å². The first kappa shape index (κ1) is 14.9. The lowest BCUT2D eigenvalue weighted by molar-refractivity contribution is 0.0980. The molecule has 0 unspecified atom stereocenters. The molecule has 2 rings (SSSR count). The van der Waals surface area contributed by atoms with Gasteiger partial charge in [0.1, 0.15) is 0 Å². The number of thioether (sulfide) groups is 1. The largest absolute Gasteiger partial charge is 0.294 e. The van der Waals surface area contributed by atoms with Crippen molar-refractivity contribution in [2.75, 3.05) is 6.26 Å². The molecule has 0 saturated heterocycles. The standard InChI is InChI=1S/C18H20OS/c1-13-7-6-8-15(14(13)2)11-12-17(19)16-9-4-5-10-18(16)20-3/h4-10H,11-12H2,1-3H3. The summed E-state index contributed by atoms with van der Waals surface area (Å²) in [6.45, 7) is 4.24. The summed E-state index contributed by atoms with van der Waals surface area (Å²) in [5.74, 6) is 0.232. The number of carbonyl (C=O) groups is 1. The summed E-state index contributed by atoms with van der Waals surface area (Å²) < 4.78 is 0. The molecule has 0 N–H and O–H groups in total. The summed E-state index contributed by atoms with van der Waals surface area (Å²) >= 11 is 1.63. The van der Waals surface area contributed by atoms with Gasteiger partial charge in [0.15, 0.2) is 5.78 Å². The van der Waals surface area contributed by atoms with Gasteiger partial charge in [-0.15, -0.1) is 11.8 Å². The molecule has 0 radical (unpaired) electrons. The van der Waals surface area contributed by atoms with E-state index in [1.807, 2.05) is 30.5 Å². The Morgan fingerprint density at radius 1 is 1.05 bits per heavy atom. The molecular weight excluding hydrogens is 264 g/mol. The van der Waals surface area contributed by atoms with Crippen molar-refractivity contribution in [1.29, 1.82) is 0 Å². The van der Waals surface area contributed by atoms with Crippen LogP contribution in [-0.2, 0) is 6.42 Å². The van der Waals surface area contributed by atoms with Crippen LogP contribution in [-0.4, -0.2) is 12.0 Å². The highest BCUT2D eigenvalue weighted by Crippen LogP contribution is 2.22. The van der Waals surface area contributed by atoms with E-state index in [1.54, 1.807) is 11.8 Å². The number of benzene rings is 2. The number of carbonyl (C=O) groups excluding carboxylic acids is 1. The summed E-state index contributed by atoms with van der Waals surface area (Å²) in [6.07, 6.45) is 3.40. The van der Waals surface area contributed by atoms with E-state index < -0.39 is 0 Å². The quantitative estimate of drug-likeness (QED) is 0.577. The fourth-order valence-electron chi connectivity index (χ4n) is 2.34. The summed E-state index contributed by atoms with van der Waals surface area (Å²) in [5, 5.41) is 0. The van der Waals surface area contributed by atoms with Crippen molar-refractivity contribution in [3.05, 3.63) is 64.7 Å². The molecule has 0 aliphatic rings. The first-order valence-electron chi connectivity index (χ1n) is 6.84.